The van der Waals surface area contributed by atoms with E-state index in [0.717, 1.165) is 11.1 Å². The van der Waals surface area contributed by atoms with Crippen molar-refractivity contribution in [2.75, 3.05) is 19.7 Å². The monoisotopic (exact) mass is 330 g/mol. The fourth-order valence-electron chi connectivity index (χ4n) is 2.68. The fraction of sp³-hybridized carbons (Fsp3) is 0.400. The van der Waals surface area contributed by atoms with Gasteiger partial charge < -0.3 is 20.3 Å². The van der Waals surface area contributed by atoms with E-state index in [1.807, 2.05) is 47.8 Å². The number of quaternary nitrogens is 1. The molecule has 2 rings (SSSR count). The van der Waals surface area contributed by atoms with E-state index in [0.29, 0.717) is 13.1 Å². The van der Waals surface area contributed by atoms with Crippen LogP contribution in [0.1, 0.15) is 29.7 Å². The molecule has 0 aromatic heterocycles. The van der Waals surface area contributed by atoms with Crippen LogP contribution in [-0.4, -0.2) is 42.1 Å². The number of nitrogens with two attached hydrogens (primary N) is 1. The molecular weight excluding hydrogens is 302 g/mol. The molecule has 0 heterocycles. The van der Waals surface area contributed by atoms with Gasteiger partial charge in [0.2, 0.25) is 0 Å². The van der Waals surface area contributed by atoms with Gasteiger partial charge in [0.05, 0.1) is 12.7 Å². The molecule has 0 aliphatic rings. The van der Waals surface area contributed by atoms with E-state index >= 15 is 0 Å². The molecule has 0 aliphatic heterocycles. The van der Waals surface area contributed by atoms with Gasteiger partial charge in [-0.2, -0.15) is 0 Å². The Kier molecular flexibility index (Phi) is 7.40. The summed E-state index contributed by atoms with van der Waals surface area (Å²) in [5.41, 5.74) is 3.36. The molecule has 0 amide bonds. The topological polar surface area (TPSA) is 66.3 Å². The molecule has 0 radical (unpaired) electrons. The number of hydrogen-bond acceptors (Lipinski definition) is 3. The molecular formula is C20H28NO3+. The number of ether oxygens (including phenoxy) is 1. The molecule has 0 spiro atoms. The van der Waals surface area contributed by atoms with Crippen LogP contribution in [0.5, 0.6) is 0 Å². The lowest BCUT2D eigenvalue weighted by molar-refractivity contribution is -0.666. The first-order chi connectivity index (χ1) is 11.6. The summed E-state index contributed by atoms with van der Waals surface area (Å²) < 4.78 is 6.08. The second-order valence-electron chi connectivity index (χ2n) is 6.24. The summed E-state index contributed by atoms with van der Waals surface area (Å²) >= 11 is 0. The van der Waals surface area contributed by atoms with E-state index in [1.54, 1.807) is 6.92 Å². The molecule has 4 heteroatoms. The van der Waals surface area contributed by atoms with E-state index in [2.05, 4.69) is 19.1 Å². The quantitative estimate of drug-likeness (QED) is 0.651. The van der Waals surface area contributed by atoms with E-state index in [-0.39, 0.29) is 18.8 Å². The number of rotatable bonds is 9. The number of aliphatic hydroxyl groups is 2. The van der Waals surface area contributed by atoms with E-state index in [4.69, 9.17) is 4.74 Å². The van der Waals surface area contributed by atoms with Gasteiger partial charge in [0.1, 0.15) is 25.3 Å². The first-order valence-electron chi connectivity index (χ1n) is 8.47. The Balaban J connectivity index is 2.04. The summed E-state index contributed by atoms with van der Waals surface area (Å²) in [6.45, 7) is 5.16. The summed E-state index contributed by atoms with van der Waals surface area (Å²) in [7, 11) is 0. The standard InChI is InChI=1S/C20H27NO3/c1-15-8-6-7-11-19(15)20(17-9-4-3-5-10-17)24-14-18(23)13-21-12-16(2)22/h3-11,16,18,20-23H,12-14H2,1-2H3/p+1/t16-,18+,20+/m1/s1. The third kappa shape index (κ3) is 5.73. The predicted molar refractivity (Wildman–Crippen MR) is 94.8 cm³/mol. The van der Waals surface area contributed by atoms with E-state index in [9.17, 15) is 10.2 Å². The van der Waals surface area contributed by atoms with Crippen LogP contribution < -0.4 is 5.32 Å². The van der Waals surface area contributed by atoms with Crippen molar-refractivity contribution < 1.29 is 20.3 Å². The van der Waals surface area contributed by atoms with Crippen molar-refractivity contribution in [1.29, 1.82) is 0 Å². The third-order valence-corrected chi connectivity index (χ3v) is 3.98. The minimum Gasteiger partial charge on any atom is -0.388 e. The van der Waals surface area contributed by atoms with Crippen molar-refractivity contribution in [2.24, 2.45) is 0 Å². The molecule has 4 N–H and O–H groups in total. The largest absolute Gasteiger partial charge is 0.388 e. The molecule has 0 saturated carbocycles. The minimum absolute atomic E-state index is 0.196. The lowest BCUT2D eigenvalue weighted by Gasteiger charge is -2.22. The Hall–Kier alpha value is -1.72. The highest BCUT2D eigenvalue weighted by Gasteiger charge is 2.18. The Morgan fingerprint density at radius 1 is 0.958 bits per heavy atom. The predicted octanol–water partition coefficient (Wildman–Crippen LogP) is 1.41. The van der Waals surface area contributed by atoms with Crippen LogP contribution in [0.3, 0.4) is 0 Å². The second kappa shape index (κ2) is 9.55. The number of benzene rings is 2. The van der Waals surface area contributed by atoms with Crippen LogP contribution in [0.25, 0.3) is 0 Å². The van der Waals surface area contributed by atoms with Gasteiger partial charge in [-0.3, -0.25) is 0 Å². The highest BCUT2D eigenvalue weighted by Crippen LogP contribution is 2.28. The smallest absolute Gasteiger partial charge is 0.126 e. The average molecular weight is 330 g/mol. The summed E-state index contributed by atoms with van der Waals surface area (Å²) in [5, 5.41) is 21.3. The number of hydrogen-bond donors (Lipinski definition) is 3. The zero-order valence-corrected chi connectivity index (χ0v) is 14.4. The van der Waals surface area contributed by atoms with Gasteiger partial charge in [0.15, 0.2) is 0 Å². The SMILES string of the molecule is Cc1ccccc1[C@@H](OC[C@@H](O)C[NH2+]C[C@@H](C)O)c1ccccc1. The van der Waals surface area contributed by atoms with Crippen LogP contribution >= 0.6 is 0 Å². The van der Waals surface area contributed by atoms with Crippen molar-refractivity contribution >= 4 is 0 Å². The Morgan fingerprint density at radius 2 is 1.62 bits per heavy atom. The Labute approximate surface area is 144 Å². The Morgan fingerprint density at radius 3 is 2.29 bits per heavy atom. The maximum Gasteiger partial charge on any atom is 0.126 e. The number of aliphatic hydroxyl groups excluding tert-OH is 2. The first kappa shape index (κ1) is 18.6. The zero-order chi connectivity index (χ0) is 17.4. The van der Waals surface area contributed by atoms with E-state index < -0.39 is 6.10 Å². The highest BCUT2D eigenvalue weighted by atomic mass is 16.5. The van der Waals surface area contributed by atoms with Gasteiger partial charge in [-0.25, -0.2) is 0 Å². The van der Waals surface area contributed by atoms with Crippen LogP contribution in [0.2, 0.25) is 0 Å². The fourth-order valence-corrected chi connectivity index (χ4v) is 2.68. The highest BCUT2D eigenvalue weighted by molar-refractivity contribution is 5.35. The summed E-state index contributed by atoms with van der Waals surface area (Å²) in [6.07, 6.45) is -1.14. The summed E-state index contributed by atoms with van der Waals surface area (Å²) in [5.74, 6) is 0. The molecule has 0 aliphatic carbocycles. The zero-order valence-electron chi connectivity index (χ0n) is 14.4. The molecule has 130 valence electrons. The van der Waals surface area contributed by atoms with Crippen LogP contribution in [-0.2, 0) is 4.74 Å². The average Bonchev–Trinajstić information content (AvgIpc) is 2.57. The summed E-state index contributed by atoms with van der Waals surface area (Å²) in [6, 6.07) is 18.2. The van der Waals surface area contributed by atoms with Crippen LogP contribution in [0.15, 0.2) is 54.6 Å². The van der Waals surface area contributed by atoms with Gasteiger partial charge in [0.25, 0.3) is 0 Å². The molecule has 0 bridgehead atoms. The molecule has 0 fully saturated rings. The maximum atomic E-state index is 10.1. The molecule has 4 nitrogen and oxygen atoms in total. The van der Waals surface area contributed by atoms with E-state index in [1.165, 1.54) is 5.56 Å². The van der Waals surface area contributed by atoms with Crippen molar-refractivity contribution in [2.45, 2.75) is 32.2 Å². The van der Waals surface area contributed by atoms with Gasteiger partial charge in [-0.1, -0.05) is 54.6 Å². The second-order valence-corrected chi connectivity index (χ2v) is 6.24. The molecule has 24 heavy (non-hydrogen) atoms. The molecule has 2 aromatic rings. The van der Waals surface area contributed by atoms with Crippen molar-refractivity contribution in [3.05, 3.63) is 71.3 Å². The van der Waals surface area contributed by atoms with Gasteiger partial charge in [0, 0.05) is 0 Å². The Bertz CT molecular complexity index is 601. The van der Waals surface area contributed by atoms with Crippen molar-refractivity contribution in [1.82, 2.24) is 0 Å². The third-order valence-electron chi connectivity index (χ3n) is 3.98. The van der Waals surface area contributed by atoms with Crippen LogP contribution in [0.4, 0.5) is 0 Å². The van der Waals surface area contributed by atoms with Gasteiger partial charge in [-0.05, 0) is 30.5 Å². The van der Waals surface area contributed by atoms with Gasteiger partial charge in [-0.15, -0.1) is 0 Å². The molecule has 0 saturated heterocycles. The minimum atomic E-state index is -0.570. The van der Waals surface area contributed by atoms with Crippen molar-refractivity contribution in [3.63, 3.8) is 0 Å². The normalized spacial score (nSPS) is 15.0. The molecule has 2 aromatic carbocycles. The summed E-state index contributed by atoms with van der Waals surface area (Å²) in [4.78, 5) is 0. The lowest BCUT2D eigenvalue weighted by Crippen LogP contribution is -2.88. The molecule has 0 unspecified atom stereocenters. The first-order valence-corrected chi connectivity index (χ1v) is 8.47. The maximum absolute atomic E-state index is 10.1. The molecule has 3 atom stereocenters. The van der Waals surface area contributed by atoms with Gasteiger partial charge >= 0.3 is 0 Å². The van der Waals surface area contributed by atoms with Crippen LogP contribution in [0, 0.1) is 6.92 Å². The lowest BCUT2D eigenvalue weighted by atomic mass is 9.97. The number of aryl methyl sites for hydroxylation is 1. The van der Waals surface area contributed by atoms with Crippen molar-refractivity contribution in [3.8, 4) is 0 Å².